The van der Waals surface area contributed by atoms with Crippen molar-refractivity contribution in [3.8, 4) is 0 Å². The van der Waals surface area contributed by atoms with Gasteiger partial charge in [-0.15, -0.1) is 6.58 Å². The van der Waals surface area contributed by atoms with Gasteiger partial charge in [0, 0.05) is 6.61 Å². The third-order valence-electron chi connectivity index (χ3n) is 1.34. The second kappa shape index (κ2) is 5.36. The molecule has 0 aromatic rings. The molecule has 1 heteroatoms. The first-order chi connectivity index (χ1) is 5.06. The van der Waals surface area contributed by atoms with Crippen molar-refractivity contribution < 1.29 is 4.74 Å². The third-order valence-corrected chi connectivity index (χ3v) is 1.34. The van der Waals surface area contributed by atoms with Crippen LogP contribution in [0.4, 0.5) is 0 Å². The standard InChI is InChI=1S/C10H20O/c1-5-6-7-8-9-11-10(2,3)4/h5H,1,6-9H2,2-4H3. The molecular formula is C10H20O. The Morgan fingerprint density at radius 1 is 1.27 bits per heavy atom. The van der Waals surface area contributed by atoms with E-state index in [0.717, 1.165) is 19.4 Å². The number of hydrogen-bond donors (Lipinski definition) is 0. The van der Waals surface area contributed by atoms with Gasteiger partial charge in [-0.3, -0.25) is 0 Å². The lowest BCUT2D eigenvalue weighted by molar-refractivity contribution is -0.00446. The molecule has 0 atom stereocenters. The van der Waals surface area contributed by atoms with Gasteiger partial charge >= 0.3 is 0 Å². The Morgan fingerprint density at radius 3 is 2.36 bits per heavy atom. The molecule has 0 aliphatic rings. The Balaban J connectivity index is 3.08. The van der Waals surface area contributed by atoms with Crippen LogP contribution in [0.1, 0.15) is 40.0 Å². The van der Waals surface area contributed by atoms with E-state index in [4.69, 9.17) is 4.74 Å². The molecule has 0 saturated carbocycles. The fourth-order valence-corrected chi connectivity index (χ4v) is 0.769. The average molecular weight is 156 g/mol. The van der Waals surface area contributed by atoms with Crippen LogP contribution in [0.2, 0.25) is 0 Å². The molecule has 0 aliphatic heterocycles. The van der Waals surface area contributed by atoms with E-state index in [1.165, 1.54) is 6.42 Å². The predicted octanol–water partition coefficient (Wildman–Crippen LogP) is 3.16. The zero-order valence-corrected chi connectivity index (χ0v) is 8.02. The molecule has 0 radical (unpaired) electrons. The largest absolute Gasteiger partial charge is 0.376 e. The van der Waals surface area contributed by atoms with Crippen molar-refractivity contribution in [1.29, 1.82) is 0 Å². The zero-order chi connectivity index (χ0) is 8.74. The van der Waals surface area contributed by atoms with Crippen molar-refractivity contribution in [3.05, 3.63) is 12.7 Å². The highest BCUT2D eigenvalue weighted by atomic mass is 16.5. The molecule has 0 aliphatic carbocycles. The van der Waals surface area contributed by atoms with E-state index in [-0.39, 0.29) is 5.60 Å². The second-order valence-electron chi connectivity index (χ2n) is 3.75. The molecule has 0 rings (SSSR count). The third kappa shape index (κ3) is 9.70. The molecule has 11 heavy (non-hydrogen) atoms. The maximum atomic E-state index is 5.54. The first-order valence-electron chi connectivity index (χ1n) is 4.31. The topological polar surface area (TPSA) is 9.23 Å². The van der Waals surface area contributed by atoms with Gasteiger partial charge in [-0.25, -0.2) is 0 Å². The van der Waals surface area contributed by atoms with E-state index in [2.05, 4.69) is 27.4 Å². The van der Waals surface area contributed by atoms with Crippen molar-refractivity contribution in [2.45, 2.75) is 45.6 Å². The highest BCUT2D eigenvalue weighted by molar-refractivity contribution is 4.65. The summed E-state index contributed by atoms with van der Waals surface area (Å²) in [5.41, 5.74) is 0.0220. The van der Waals surface area contributed by atoms with Crippen LogP contribution in [0, 0.1) is 0 Å². The van der Waals surface area contributed by atoms with Crippen molar-refractivity contribution in [3.63, 3.8) is 0 Å². The lowest BCUT2D eigenvalue weighted by Gasteiger charge is -2.19. The summed E-state index contributed by atoms with van der Waals surface area (Å²) in [6.45, 7) is 10.8. The summed E-state index contributed by atoms with van der Waals surface area (Å²) in [4.78, 5) is 0. The van der Waals surface area contributed by atoms with Crippen LogP contribution in [0.25, 0.3) is 0 Å². The summed E-state index contributed by atoms with van der Waals surface area (Å²) < 4.78 is 5.54. The molecule has 0 saturated heterocycles. The lowest BCUT2D eigenvalue weighted by atomic mass is 10.2. The van der Waals surface area contributed by atoms with E-state index in [9.17, 15) is 0 Å². The Hall–Kier alpha value is -0.300. The fraction of sp³-hybridized carbons (Fsp3) is 0.800. The molecule has 0 heterocycles. The van der Waals surface area contributed by atoms with Gasteiger partial charge in [-0.05, 0) is 40.0 Å². The molecule has 0 amide bonds. The van der Waals surface area contributed by atoms with E-state index in [0.29, 0.717) is 0 Å². The average Bonchev–Trinajstić information content (AvgIpc) is 1.85. The van der Waals surface area contributed by atoms with Gasteiger partial charge < -0.3 is 4.74 Å². The van der Waals surface area contributed by atoms with Crippen molar-refractivity contribution in [1.82, 2.24) is 0 Å². The van der Waals surface area contributed by atoms with Crippen LogP contribution in [0.5, 0.6) is 0 Å². The highest BCUT2D eigenvalue weighted by Gasteiger charge is 2.08. The van der Waals surface area contributed by atoms with Crippen LogP contribution in [0.15, 0.2) is 12.7 Å². The van der Waals surface area contributed by atoms with Crippen molar-refractivity contribution in [2.24, 2.45) is 0 Å². The molecule has 1 nitrogen and oxygen atoms in total. The summed E-state index contributed by atoms with van der Waals surface area (Å²) in [5.74, 6) is 0. The number of rotatable bonds is 5. The molecular weight excluding hydrogens is 136 g/mol. The van der Waals surface area contributed by atoms with Gasteiger partial charge in [0.05, 0.1) is 5.60 Å². The molecule has 0 aromatic carbocycles. The van der Waals surface area contributed by atoms with Gasteiger partial charge in [0.25, 0.3) is 0 Å². The fourth-order valence-electron chi connectivity index (χ4n) is 0.769. The first kappa shape index (κ1) is 10.7. The van der Waals surface area contributed by atoms with Gasteiger partial charge in [0.1, 0.15) is 0 Å². The van der Waals surface area contributed by atoms with Crippen molar-refractivity contribution >= 4 is 0 Å². The summed E-state index contributed by atoms with van der Waals surface area (Å²) in [5, 5.41) is 0. The predicted molar refractivity (Wildman–Crippen MR) is 49.8 cm³/mol. The van der Waals surface area contributed by atoms with Crippen LogP contribution in [-0.2, 0) is 4.74 Å². The molecule has 0 bridgehead atoms. The Morgan fingerprint density at radius 2 is 1.91 bits per heavy atom. The van der Waals surface area contributed by atoms with E-state index in [1.54, 1.807) is 0 Å². The zero-order valence-electron chi connectivity index (χ0n) is 8.02. The molecule has 0 unspecified atom stereocenters. The van der Waals surface area contributed by atoms with Crippen LogP contribution < -0.4 is 0 Å². The monoisotopic (exact) mass is 156 g/mol. The number of ether oxygens (including phenoxy) is 1. The Labute approximate surface area is 70.4 Å². The highest BCUT2D eigenvalue weighted by Crippen LogP contribution is 2.08. The van der Waals surface area contributed by atoms with Crippen LogP contribution in [0.3, 0.4) is 0 Å². The van der Waals surface area contributed by atoms with Gasteiger partial charge in [0.15, 0.2) is 0 Å². The molecule has 0 spiro atoms. The molecule has 0 fully saturated rings. The molecule has 0 N–H and O–H groups in total. The minimum atomic E-state index is 0.0220. The number of unbranched alkanes of at least 4 members (excludes halogenated alkanes) is 2. The Bertz CT molecular complexity index is 99.9. The Kier molecular flexibility index (Phi) is 5.22. The van der Waals surface area contributed by atoms with Gasteiger partial charge in [-0.1, -0.05) is 6.08 Å². The summed E-state index contributed by atoms with van der Waals surface area (Å²) in [6.07, 6.45) is 5.40. The van der Waals surface area contributed by atoms with E-state index >= 15 is 0 Å². The maximum Gasteiger partial charge on any atom is 0.0598 e. The summed E-state index contributed by atoms with van der Waals surface area (Å²) >= 11 is 0. The van der Waals surface area contributed by atoms with E-state index in [1.807, 2.05) is 6.08 Å². The summed E-state index contributed by atoms with van der Waals surface area (Å²) in [7, 11) is 0. The second-order valence-corrected chi connectivity index (χ2v) is 3.75. The molecule has 66 valence electrons. The summed E-state index contributed by atoms with van der Waals surface area (Å²) in [6, 6.07) is 0. The van der Waals surface area contributed by atoms with Gasteiger partial charge in [0.2, 0.25) is 0 Å². The SMILES string of the molecule is C=CCCCCOC(C)(C)C. The quantitative estimate of drug-likeness (QED) is 0.439. The first-order valence-corrected chi connectivity index (χ1v) is 4.31. The van der Waals surface area contributed by atoms with Crippen LogP contribution in [-0.4, -0.2) is 12.2 Å². The number of allylic oxidation sites excluding steroid dienone is 1. The minimum Gasteiger partial charge on any atom is -0.376 e. The van der Waals surface area contributed by atoms with Crippen molar-refractivity contribution in [2.75, 3.05) is 6.61 Å². The number of hydrogen-bond acceptors (Lipinski definition) is 1. The lowest BCUT2D eigenvalue weighted by Crippen LogP contribution is -2.19. The molecule has 0 aromatic heterocycles. The van der Waals surface area contributed by atoms with Crippen LogP contribution >= 0.6 is 0 Å². The van der Waals surface area contributed by atoms with Gasteiger partial charge in [-0.2, -0.15) is 0 Å². The smallest absolute Gasteiger partial charge is 0.0598 e. The van der Waals surface area contributed by atoms with E-state index < -0.39 is 0 Å². The minimum absolute atomic E-state index is 0.0220. The normalized spacial score (nSPS) is 11.5. The maximum absolute atomic E-state index is 5.54.